The Morgan fingerprint density at radius 1 is 1.35 bits per heavy atom. The molecule has 3 nitrogen and oxygen atoms in total. The summed E-state index contributed by atoms with van der Waals surface area (Å²) in [5, 5.41) is 12.8. The van der Waals surface area contributed by atoms with Crippen LogP contribution in [0.1, 0.15) is 25.7 Å². The van der Waals surface area contributed by atoms with Gasteiger partial charge in [0.2, 0.25) is 0 Å². The van der Waals surface area contributed by atoms with E-state index in [1.54, 1.807) is 12.1 Å². The number of carbonyl (C=O) groups is 1. The van der Waals surface area contributed by atoms with Crippen molar-refractivity contribution in [2.45, 2.75) is 13.8 Å². The average molecular weight is 365 g/mol. The van der Waals surface area contributed by atoms with Crippen LogP contribution in [0.4, 0.5) is 9.39 Å². The van der Waals surface area contributed by atoms with E-state index in [4.69, 9.17) is 11.6 Å². The lowest BCUT2D eigenvalue weighted by molar-refractivity contribution is 0.103. The summed E-state index contributed by atoms with van der Waals surface area (Å²) in [7, 11) is 0. The van der Waals surface area contributed by atoms with Crippen molar-refractivity contribution < 1.29 is 9.18 Å². The smallest absolute Gasteiger partial charge is 0.267 e. The molecule has 2 aromatic heterocycles. The van der Waals surface area contributed by atoms with Gasteiger partial charge in [-0.05, 0) is 31.5 Å². The molecule has 0 saturated heterocycles. The predicted molar refractivity (Wildman–Crippen MR) is 93.3 cm³/mol. The molecule has 0 bridgehead atoms. The molecular formula is C16H10ClFN2OS2. The predicted octanol–water partition coefficient (Wildman–Crippen LogP) is 5.50. The maximum atomic E-state index is 13.9. The summed E-state index contributed by atoms with van der Waals surface area (Å²) < 4.78 is 14.5. The van der Waals surface area contributed by atoms with Crippen molar-refractivity contribution in [3.8, 4) is 6.07 Å². The lowest BCUT2D eigenvalue weighted by Crippen LogP contribution is -2.10. The van der Waals surface area contributed by atoms with E-state index in [0.29, 0.717) is 15.3 Å². The summed E-state index contributed by atoms with van der Waals surface area (Å²) in [5.41, 5.74) is 1.30. The number of thiophene rings is 2. The van der Waals surface area contributed by atoms with Gasteiger partial charge in [0.15, 0.2) is 0 Å². The standard InChI is InChI=1S/C16H10ClFN2OS2/c1-7-8(2)22-16(9(7)6-19)20-15(21)14-13(17)12-10(18)4-3-5-11(12)23-14/h3-5H,1-2H3,(H,20,21). The number of carbonyl (C=O) groups excluding carboxylic acids is 1. The van der Waals surface area contributed by atoms with Crippen LogP contribution in [0.3, 0.4) is 0 Å². The number of hydrogen-bond donors (Lipinski definition) is 1. The topological polar surface area (TPSA) is 52.9 Å². The highest BCUT2D eigenvalue weighted by Gasteiger charge is 2.22. The van der Waals surface area contributed by atoms with Crippen LogP contribution in [0.2, 0.25) is 5.02 Å². The quantitative estimate of drug-likeness (QED) is 0.653. The molecule has 2 heterocycles. The molecule has 0 saturated carbocycles. The fourth-order valence-electron chi connectivity index (χ4n) is 2.23. The van der Waals surface area contributed by atoms with E-state index in [1.165, 1.54) is 17.4 Å². The van der Waals surface area contributed by atoms with E-state index in [2.05, 4.69) is 11.4 Å². The molecule has 0 radical (unpaired) electrons. The molecule has 3 rings (SSSR count). The number of nitrogens with zero attached hydrogens (tertiary/aromatic N) is 1. The number of rotatable bonds is 2. The average Bonchev–Trinajstić information content (AvgIpc) is 2.98. The summed E-state index contributed by atoms with van der Waals surface area (Å²) in [6.07, 6.45) is 0. The zero-order chi connectivity index (χ0) is 16.7. The van der Waals surface area contributed by atoms with E-state index >= 15 is 0 Å². The lowest BCUT2D eigenvalue weighted by atomic mass is 10.2. The first-order chi connectivity index (χ1) is 10.9. The van der Waals surface area contributed by atoms with Crippen molar-refractivity contribution in [2.75, 3.05) is 5.32 Å². The van der Waals surface area contributed by atoms with Crippen molar-refractivity contribution in [3.05, 3.63) is 49.9 Å². The van der Waals surface area contributed by atoms with Crippen LogP contribution in [0.25, 0.3) is 10.1 Å². The number of nitrogens with one attached hydrogen (secondary N) is 1. The zero-order valence-electron chi connectivity index (χ0n) is 12.2. The van der Waals surface area contributed by atoms with Gasteiger partial charge >= 0.3 is 0 Å². The number of amides is 1. The van der Waals surface area contributed by atoms with Gasteiger partial charge in [0, 0.05) is 15.0 Å². The Morgan fingerprint density at radius 3 is 2.74 bits per heavy atom. The van der Waals surface area contributed by atoms with Crippen molar-refractivity contribution in [1.82, 2.24) is 0 Å². The first-order valence-electron chi connectivity index (χ1n) is 6.62. The second-order valence-corrected chi connectivity index (χ2v) is 7.57. The fraction of sp³-hybridized carbons (Fsp3) is 0.125. The molecule has 116 valence electrons. The molecule has 0 atom stereocenters. The van der Waals surface area contributed by atoms with Crippen LogP contribution in [-0.2, 0) is 0 Å². The Kier molecular flexibility index (Phi) is 4.11. The third kappa shape index (κ3) is 2.61. The number of nitriles is 1. The van der Waals surface area contributed by atoms with Gasteiger partial charge in [-0.1, -0.05) is 17.7 Å². The molecule has 7 heteroatoms. The summed E-state index contributed by atoms with van der Waals surface area (Å²) >= 11 is 8.65. The number of hydrogen-bond acceptors (Lipinski definition) is 4. The van der Waals surface area contributed by atoms with Gasteiger partial charge < -0.3 is 5.32 Å². The maximum absolute atomic E-state index is 13.9. The second-order valence-electron chi connectivity index (χ2n) is 4.91. The van der Waals surface area contributed by atoms with Gasteiger partial charge in [0.05, 0.1) is 10.6 Å². The van der Waals surface area contributed by atoms with Crippen molar-refractivity contribution in [3.63, 3.8) is 0 Å². The van der Waals surface area contributed by atoms with Crippen LogP contribution in [0, 0.1) is 31.0 Å². The molecular weight excluding hydrogens is 355 g/mol. The molecule has 0 aliphatic rings. The Bertz CT molecular complexity index is 984. The summed E-state index contributed by atoms with van der Waals surface area (Å²) in [6.45, 7) is 3.72. The number of benzene rings is 1. The third-order valence-corrected chi connectivity index (χ3v) is 6.30. The minimum absolute atomic E-state index is 0.101. The van der Waals surface area contributed by atoms with Gasteiger partial charge in [0.1, 0.15) is 21.8 Å². The highest BCUT2D eigenvalue weighted by molar-refractivity contribution is 7.22. The fourth-order valence-corrected chi connectivity index (χ4v) is 4.69. The summed E-state index contributed by atoms with van der Waals surface area (Å²) in [6, 6.07) is 6.70. The number of aryl methyl sites for hydroxylation is 1. The van der Waals surface area contributed by atoms with Crippen LogP contribution >= 0.6 is 34.3 Å². The van der Waals surface area contributed by atoms with Gasteiger partial charge in [-0.2, -0.15) is 5.26 Å². The minimum Gasteiger partial charge on any atom is -0.312 e. The van der Waals surface area contributed by atoms with Crippen molar-refractivity contribution in [1.29, 1.82) is 5.26 Å². The molecule has 23 heavy (non-hydrogen) atoms. The largest absolute Gasteiger partial charge is 0.312 e. The second kappa shape index (κ2) is 5.93. The Balaban J connectivity index is 2.03. The molecule has 0 spiro atoms. The van der Waals surface area contributed by atoms with Crippen LogP contribution in [0.15, 0.2) is 18.2 Å². The Labute approximate surface area is 144 Å². The van der Waals surface area contributed by atoms with Crippen LogP contribution in [-0.4, -0.2) is 5.91 Å². The number of fused-ring (bicyclic) bond motifs is 1. The summed E-state index contributed by atoms with van der Waals surface area (Å²) in [4.78, 5) is 13.7. The Hall–Kier alpha value is -1.94. The van der Waals surface area contributed by atoms with E-state index in [-0.39, 0.29) is 15.3 Å². The van der Waals surface area contributed by atoms with Gasteiger partial charge in [-0.15, -0.1) is 22.7 Å². The molecule has 0 fully saturated rings. The molecule has 1 aromatic carbocycles. The van der Waals surface area contributed by atoms with E-state index in [0.717, 1.165) is 21.8 Å². The van der Waals surface area contributed by atoms with E-state index < -0.39 is 11.7 Å². The SMILES string of the molecule is Cc1sc(NC(=O)c2sc3cccc(F)c3c2Cl)c(C#N)c1C. The molecule has 0 aliphatic carbocycles. The lowest BCUT2D eigenvalue weighted by Gasteiger charge is -2.02. The van der Waals surface area contributed by atoms with Crippen LogP contribution < -0.4 is 5.32 Å². The minimum atomic E-state index is -0.455. The van der Waals surface area contributed by atoms with Crippen LogP contribution in [0.5, 0.6) is 0 Å². The van der Waals surface area contributed by atoms with E-state index in [9.17, 15) is 14.4 Å². The van der Waals surface area contributed by atoms with Gasteiger partial charge in [0.25, 0.3) is 5.91 Å². The zero-order valence-corrected chi connectivity index (χ0v) is 14.5. The summed E-state index contributed by atoms with van der Waals surface area (Å²) in [5.74, 6) is -0.892. The number of anilines is 1. The highest BCUT2D eigenvalue weighted by atomic mass is 35.5. The normalized spacial score (nSPS) is 10.7. The van der Waals surface area contributed by atoms with Gasteiger partial charge in [-0.25, -0.2) is 4.39 Å². The molecule has 3 aromatic rings. The first kappa shape index (κ1) is 15.9. The maximum Gasteiger partial charge on any atom is 0.267 e. The molecule has 0 aliphatic heterocycles. The van der Waals surface area contributed by atoms with Gasteiger partial charge in [-0.3, -0.25) is 4.79 Å². The highest BCUT2D eigenvalue weighted by Crippen LogP contribution is 2.38. The number of halogens is 2. The van der Waals surface area contributed by atoms with Crippen molar-refractivity contribution >= 4 is 55.3 Å². The molecule has 1 N–H and O–H groups in total. The molecule has 1 amide bonds. The van der Waals surface area contributed by atoms with E-state index in [1.807, 2.05) is 13.8 Å². The molecule has 0 unspecified atom stereocenters. The third-order valence-electron chi connectivity index (χ3n) is 3.54. The monoisotopic (exact) mass is 364 g/mol. The van der Waals surface area contributed by atoms with Crippen molar-refractivity contribution in [2.24, 2.45) is 0 Å². The first-order valence-corrected chi connectivity index (χ1v) is 8.63. The Morgan fingerprint density at radius 2 is 2.09 bits per heavy atom.